The monoisotopic (exact) mass is 1630 g/mol. The van der Waals surface area contributed by atoms with E-state index in [2.05, 4.69) is 88.9 Å². The van der Waals surface area contributed by atoms with Crippen LogP contribution < -0.4 is 11.1 Å². The Morgan fingerprint density at radius 1 is 0.482 bits per heavy atom. The Morgan fingerprint density at radius 2 is 0.955 bits per heavy atom. The van der Waals surface area contributed by atoms with Crippen LogP contribution in [-0.2, 0) is 43.4 Å². The molecule has 0 radical (unpaired) electrons. The van der Waals surface area contributed by atoms with Gasteiger partial charge in [0, 0.05) is 123 Å². The summed E-state index contributed by atoms with van der Waals surface area (Å²) in [6.45, 7) is 3.47. The van der Waals surface area contributed by atoms with Gasteiger partial charge in [-0.3, -0.25) is 33.9 Å². The van der Waals surface area contributed by atoms with Crippen LogP contribution in [0.3, 0.4) is 0 Å². The largest absolute Gasteiger partial charge is 0.463 e. The fraction of sp³-hybridized carbons (Fsp3) is 0.135. The molecule has 10 aromatic carbocycles. The first kappa shape index (κ1) is 79.9. The van der Waals surface area contributed by atoms with Crippen molar-refractivity contribution < 1.29 is 28.7 Å². The van der Waals surface area contributed by atoms with Crippen LogP contribution in [0.2, 0.25) is 20.1 Å². The summed E-state index contributed by atoms with van der Waals surface area (Å²) in [5.74, 6) is -2.82. The van der Waals surface area contributed by atoms with Gasteiger partial charge in [-0.05, 0) is 200 Å². The Labute approximate surface area is 675 Å². The summed E-state index contributed by atoms with van der Waals surface area (Å²) in [4.78, 5) is 68.9. The number of methoxy groups -OCH3 is 1. The number of imide groups is 1. The number of halogens is 5. The fourth-order valence-corrected chi connectivity index (χ4v) is 14.1. The predicted molar refractivity (Wildman–Crippen MR) is 457 cm³/mol. The number of benzene rings is 10. The average Bonchev–Trinajstić information content (AvgIpc) is 1.58. The van der Waals surface area contributed by atoms with E-state index in [1.54, 1.807) is 18.3 Å². The highest BCUT2D eigenvalue weighted by molar-refractivity contribution is 9.10. The molecule has 0 saturated carbocycles. The number of esters is 1. The molecule has 0 bridgehead atoms. The van der Waals surface area contributed by atoms with Gasteiger partial charge in [-0.2, -0.15) is 10.2 Å². The minimum absolute atomic E-state index is 0.196. The topological polar surface area (TPSA) is 205 Å². The highest BCUT2D eigenvalue weighted by Crippen LogP contribution is 2.40. The number of Topliss-reactive ketones (excluding diaryl/α,β-unsaturated/α-hetero) is 1. The molecule has 1 aliphatic rings. The summed E-state index contributed by atoms with van der Waals surface area (Å²) < 4.78 is 15.6. The zero-order valence-corrected chi connectivity index (χ0v) is 66.6. The molecule has 3 amide bonds. The van der Waals surface area contributed by atoms with Crippen LogP contribution >= 0.6 is 62.3 Å². The molecular formula is C89H79BrCl4N12O6. The zero-order valence-electron chi connectivity index (χ0n) is 61.9. The standard InChI is InChI=1S/C30H26ClN5O2.C17H12ClNO3.C14H10ClN.C14H20N4O.C8H6ClN.C6H5Br/c1-34(2)15-8-16-36-25-12-7-6-11-21(25)28(33-36)27-26(29(37)32-30(27)38)23-18-35(20-9-4-3-5-10-20)24-14-13-19(31)17-22(23)24;1-22-17(21)16(20)14-10-19(12-5-3-2-4-6-12)15-8-7-11(18)9-13(14)15;15-12-6-7-14-11(10-12)8-9-16(14)13-4-2-1-3-5-13;1-17(2)8-5-9-18-13-7-4-3-6-11(13)12(16-18)10-14(15)19;9-7-1-2-8-6(5-7)3-4-10-8;7-6-4-2-1-3-5-6/h3-7,9-14,17-18H,8,15-16H2,1-2H3,(H,32,37,38);2-10H,1H3;1-10H;3-4,6-7H,5,8-10H2,1-2H3,(H2,15,19);1-5,10H;1-5H. The molecule has 0 atom stereocenters. The first-order chi connectivity index (χ1) is 54.2. The molecule has 0 unspecified atom stereocenters. The van der Waals surface area contributed by atoms with Gasteiger partial charge in [0.1, 0.15) is 5.69 Å². The molecule has 0 saturated heterocycles. The molecule has 23 heteroatoms. The van der Waals surface area contributed by atoms with Gasteiger partial charge >= 0.3 is 5.97 Å². The smallest absolute Gasteiger partial charge is 0.379 e. The van der Waals surface area contributed by atoms with Crippen LogP contribution in [-0.4, -0.2) is 126 Å². The van der Waals surface area contributed by atoms with Gasteiger partial charge in [-0.1, -0.05) is 172 Å². The van der Waals surface area contributed by atoms with E-state index in [1.807, 2.05) is 269 Å². The van der Waals surface area contributed by atoms with E-state index < -0.39 is 23.6 Å². The van der Waals surface area contributed by atoms with Crippen molar-refractivity contribution in [1.82, 2.24) is 53.4 Å². The van der Waals surface area contributed by atoms with Crippen molar-refractivity contribution in [2.24, 2.45) is 5.73 Å². The second kappa shape index (κ2) is 37.4. The van der Waals surface area contributed by atoms with E-state index in [0.717, 1.165) is 119 Å². The maximum Gasteiger partial charge on any atom is 0.379 e. The van der Waals surface area contributed by atoms with E-state index in [0.29, 0.717) is 38.8 Å². The van der Waals surface area contributed by atoms with Crippen molar-refractivity contribution in [2.45, 2.75) is 32.4 Å². The van der Waals surface area contributed by atoms with Crippen LogP contribution in [0, 0.1) is 0 Å². The number of primary amides is 1. The summed E-state index contributed by atoms with van der Waals surface area (Å²) in [5, 5.41) is 20.1. The molecule has 1 aliphatic heterocycles. The average molecular weight is 1630 g/mol. The molecule has 0 fully saturated rings. The number of hydrogen-bond acceptors (Lipinski definition) is 10. The zero-order chi connectivity index (χ0) is 79.0. The van der Waals surface area contributed by atoms with Gasteiger partial charge in [0.25, 0.3) is 17.6 Å². The molecule has 7 heterocycles. The number of nitrogens with two attached hydrogens (primary N) is 1. The van der Waals surface area contributed by atoms with Crippen LogP contribution in [0.4, 0.5) is 0 Å². The normalized spacial score (nSPS) is 11.8. The fourth-order valence-electron chi connectivity index (χ4n) is 13.1. The number of H-pyrrole nitrogens is 1. The van der Waals surface area contributed by atoms with Crippen molar-refractivity contribution in [2.75, 3.05) is 48.4 Å². The second-order valence-electron chi connectivity index (χ2n) is 26.6. The summed E-state index contributed by atoms with van der Waals surface area (Å²) in [6.07, 6.45) is 9.63. The van der Waals surface area contributed by atoms with Crippen LogP contribution in [0.25, 0.3) is 93.6 Å². The number of nitrogens with zero attached hydrogens (tertiary/aromatic N) is 9. The number of ether oxygens (including phenoxy) is 1. The quantitative estimate of drug-likeness (QED) is 0.0340. The minimum atomic E-state index is -0.896. The SMILES string of the molecule is Brc1ccccc1.CN(C)CCCn1nc(C2=C(c3cn(-c4ccccc4)c4ccc(Cl)cc34)C(=O)NC2=O)c2ccccc21.CN(C)CCCn1nc(CC(N)=O)c2ccccc21.COC(=O)C(=O)c1cn(-c2ccccc2)c2ccc(Cl)cc12.Clc1ccc2[nH]ccc2c1.Clc1ccc2c(ccn2-c2ccccc2)c1. The van der Waals surface area contributed by atoms with E-state index in [1.165, 1.54) is 18.3 Å². The van der Waals surface area contributed by atoms with Gasteiger partial charge in [-0.25, -0.2) is 4.79 Å². The lowest BCUT2D eigenvalue weighted by Crippen LogP contribution is -2.22. The maximum atomic E-state index is 13.4. The lowest BCUT2D eigenvalue weighted by Gasteiger charge is -2.09. The number of fused-ring (bicyclic) bond motifs is 6. The molecule has 0 spiro atoms. The number of aromatic amines is 1. The van der Waals surface area contributed by atoms with Crippen molar-refractivity contribution in [1.29, 1.82) is 0 Å². The molecule has 566 valence electrons. The first-order valence-corrected chi connectivity index (χ1v) is 38.2. The molecule has 4 N–H and O–H groups in total. The van der Waals surface area contributed by atoms with E-state index in [-0.39, 0.29) is 23.5 Å². The number of aromatic nitrogens is 8. The van der Waals surface area contributed by atoms with Crippen molar-refractivity contribution >= 4 is 168 Å². The second-order valence-corrected chi connectivity index (χ2v) is 29.3. The van der Waals surface area contributed by atoms with Crippen molar-refractivity contribution in [3.63, 3.8) is 0 Å². The van der Waals surface area contributed by atoms with E-state index >= 15 is 0 Å². The van der Waals surface area contributed by atoms with Gasteiger partial charge in [0.15, 0.2) is 0 Å². The van der Waals surface area contributed by atoms with Gasteiger partial charge in [0.05, 0.1) is 63.5 Å². The number of carbonyl (C=O) groups is 5. The number of para-hydroxylation sites is 5. The van der Waals surface area contributed by atoms with Crippen molar-refractivity contribution in [3.8, 4) is 17.1 Å². The highest BCUT2D eigenvalue weighted by atomic mass is 79.9. The lowest BCUT2D eigenvalue weighted by atomic mass is 9.97. The van der Waals surface area contributed by atoms with Crippen LogP contribution in [0.15, 0.2) is 284 Å². The van der Waals surface area contributed by atoms with Crippen molar-refractivity contribution in [3.05, 3.63) is 327 Å². The third-order valence-electron chi connectivity index (χ3n) is 18.3. The third kappa shape index (κ3) is 19.4. The maximum absolute atomic E-state index is 13.4. The first-order valence-electron chi connectivity index (χ1n) is 35.9. The number of rotatable bonds is 17. The summed E-state index contributed by atoms with van der Waals surface area (Å²) in [5.41, 5.74) is 17.0. The summed E-state index contributed by atoms with van der Waals surface area (Å²) in [7, 11) is 9.37. The molecule has 0 aliphatic carbocycles. The number of nitrogens with one attached hydrogen (secondary N) is 2. The Morgan fingerprint density at radius 3 is 1.52 bits per heavy atom. The Balaban J connectivity index is 0.000000135. The summed E-state index contributed by atoms with van der Waals surface area (Å²) >= 11 is 27.5. The lowest BCUT2D eigenvalue weighted by molar-refractivity contribution is -0.135. The van der Waals surface area contributed by atoms with Gasteiger partial charge in [-0.15, -0.1) is 0 Å². The molecule has 6 aromatic heterocycles. The van der Waals surface area contributed by atoms with Gasteiger partial charge < -0.3 is 39.0 Å². The molecular weight excluding hydrogens is 1550 g/mol. The highest BCUT2D eigenvalue weighted by Gasteiger charge is 2.37. The Bertz CT molecular complexity index is 6050. The molecule has 18 nitrogen and oxygen atoms in total. The minimum Gasteiger partial charge on any atom is -0.463 e. The van der Waals surface area contributed by atoms with Crippen LogP contribution in [0.1, 0.15) is 40.2 Å². The number of aryl methyl sites for hydroxylation is 2. The number of amides is 3. The Hall–Kier alpha value is -11.7. The Kier molecular flexibility index (Phi) is 26.7. The third-order valence-corrected chi connectivity index (χ3v) is 19.7. The van der Waals surface area contributed by atoms with E-state index in [4.69, 9.17) is 57.2 Å². The van der Waals surface area contributed by atoms with Crippen LogP contribution in [0.5, 0.6) is 0 Å². The van der Waals surface area contributed by atoms with Gasteiger partial charge in [0.2, 0.25) is 5.91 Å². The molecule has 112 heavy (non-hydrogen) atoms. The molecule has 16 aromatic rings. The van der Waals surface area contributed by atoms with E-state index in [9.17, 15) is 24.0 Å². The number of hydrogen-bond donors (Lipinski definition) is 3. The predicted octanol–water partition coefficient (Wildman–Crippen LogP) is 19.4. The number of ketones is 1. The molecule has 17 rings (SSSR count). The summed E-state index contributed by atoms with van der Waals surface area (Å²) in [6, 6.07) is 82.1. The number of carbonyl (C=O) groups excluding carboxylic acids is 5.